The average molecular weight is 357 g/mol. The highest BCUT2D eigenvalue weighted by Gasteiger charge is 2.13. The zero-order chi connectivity index (χ0) is 16.7. The molecule has 0 spiro atoms. The van der Waals surface area contributed by atoms with Crippen LogP contribution >= 0.6 is 22.9 Å². The summed E-state index contributed by atoms with van der Waals surface area (Å²) in [4.78, 5) is 15.7. The standard InChI is InChI=1S/C18H13ClN2O2S/c19-12-5-6-14-16(8-12)24-17(20-14)7-11-9-21(10-18(22)23)15-4-2-1-3-13(11)15/h1-6,8-9H,7,10H2,(H,22,23). The number of carboxylic acids is 1. The average Bonchev–Trinajstić information content (AvgIpc) is 3.09. The molecule has 0 saturated carbocycles. The molecule has 0 amide bonds. The summed E-state index contributed by atoms with van der Waals surface area (Å²) in [6.45, 7) is -0.0457. The second-order valence-electron chi connectivity index (χ2n) is 5.59. The fourth-order valence-electron chi connectivity index (χ4n) is 2.92. The molecule has 2 aromatic heterocycles. The van der Waals surface area contributed by atoms with Gasteiger partial charge in [-0.3, -0.25) is 4.79 Å². The molecular weight excluding hydrogens is 344 g/mol. The van der Waals surface area contributed by atoms with Gasteiger partial charge >= 0.3 is 5.97 Å². The summed E-state index contributed by atoms with van der Waals surface area (Å²) in [5.41, 5.74) is 2.95. The van der Waals surface area contributed by atoms with Crippen molar-refractivity contribution in [2.45, 2.75) is 13.0 Å². The first-order chi connectivity index (χ1) is 11.6. The Kier molecular flexibility index (Phi) is 3.75. The number of aromatic nitrogens is 2. The SMILES string of the molecule is O=C(O)Cn1cc(Cc2nc3ccc(Cl)cc3s2)c2ccccc21. The Morgan fingerprint density at radius 3 is 2.92 bits per heavy atom. The van der Waals surface area contributed by atoms with Crippen molar-refractivity contribution in [3.8, 4) is 0 Å². The number of benzene rings is 2. The van der Waals surface area contributed by atoms with Crippen LogP contribution in [0.15, 0.2) is 48.7 Å². The molecule has 0 atom stereocenters. The maximum Gasteiger partial charge on any atom is 0.323 e. The highest BCUT2D eigenvalue weighted by Crippen LogP contribution is 2.29. The Balaban J connectivity index is 1.76. The number of thiazole rings is 1. The normalized spacial score (nSPS) is 11.4. The van der Waals surface area contributed by atoms with E-state index >= 15 is 0 Å². The smallest absolute Gasteiger partial charge is 0.323 e. The minimum atomic E-state index is -0.850. The topological polar surface area (TPSA) is 55.1 Å². The lowest BCUT2D eigenvalue weighted by Gasteiger charge is -1.99. The zero-order valence-corrected chi connectivity index (χ0v) is 14.1. The second kappa shape index (κ2) is 5.92. The molecule has 4 rings (SSSR count). The molecule has 0 radical (unpaired) electrons. The number of para-hydroxylation sites is 1. The first-order valence-electron chi connectivity index (χ1n) is 7.43. The third kappa shape index (κ3) is 2.77. The third-order valence-corrected chi connectivity index (χ3v) is 5.17. The lowest BCUT2D eigenvalue weighted by atomic mass is 10.1. The predicted molar refractivity (Wildman–Crippen MR) is 97.0 cm³/mol. The molecule has 6 heteroatoms. The molecule has 2 heterocycles. The second-order valence-corrected chi connectivity index (χ2v) is 7.14. The molecule has 0 aliphatic heterocycles. The van der Waals surface area contributed by atoms with Crippen molar-refractivity contribution in [3.05, 3.63) is 64.3 Å². The van der Waals surface area contributed by atoms with E-state index in [0.29, 0.717) is 11.4 Å². The molecule has 2 aromatic carbocycles. The number of nitrogens with zero attached hydrogens (tertiary/aromatic N) is 2. The summed E-state index contributed by atoms with van der Waals surface area (Å²) < 4.78 is 2.84. The third-order valence-electron chi connectivity index (χ3n) is 3.91. The van der Waals surface area contributed by atoms with Crippen LogP contribution in [0.1, 0.15) is 10.6 Å². The van der Waals surface area contributed by atoms with E-state index in [1.165, 1.54) is 0 Å². The number of aliphatic carboxylic acids is 1. The molecule has 24 heavy (non-hydrogen) atoms. The number of halogens is 1. The molecular formula is C18H13ClN2O2S. The van der Waals surface area contributed by atoms with E-state index in [0.717, 1.165) is 31.7 Å². The van der Waals surface area contributed by atoms with Gasteiger partial charge < -0.3 is 9.67 Å². The number of fused-ring (bicyclic) bond motifs is 2. The van der Waals surface area contributed by atoms with Crippen LogP contribution in [0, 0.1) is 0 Å². The fourth-order valence-corrected chi connectivity index (χ4v) is 4.19. The van der Waals surface area contributed by atoms with Gasteiger partial charge in [0.1, 0.15) is 6.54 Å². The van der Waals surface area contributed by atoms with Crippen molar-refractivity contribution in [1.29, 1.82) is 0 Å². The van der Waals surface area contributed by atoms with Gasteiger partial charge in [-0.15, -0.1) is 11.3 Å². The monoisotopic (exact) mass is 356 g/mol. The van der Waals surface area contributed by atoms with Crippen LogP contribution in [0.25, 0.3) is 21.1 Å². The molecule has 0 aliphatic carbocycles. The molecule has 0 fully saturated rings. The van der Waals surface area contributed by atoms with Crippen LogP contribution in [0.3, 0.4) is 0 Å². The first-order valence-corrected chi connectivity index (χ1v) is 8.63. The van der Waals surface area contributed by atoms with E-state index in [2.05, 4.69) is 4.98 Å². The molecule has 0 unspecified atom stereocenters. The molecule has 1 N–H and O–H groups in total. The first kappa shape index (κ1) is 15.2. The number of hydrogen-bond acceptors (Lipinski definition) is 3. The summed E-state index contributed by atoms with van der Waals surface area (Å²) >= 11 is 7.65. The van der Waals surface area contributed by atoms with Gasteiger partial charge in [-0.1, -0.05) is 29.8 Å². The highest BCUT2D eigenvalue weighted by atomic mass is 35.5. The van der Waals surface area contributed by atoms with Gasteiger partial charge in [-0.25, -0.2) is 4.98 Å². The quantitative estimate of drug-likeness (QED) is 0.582. The number of rotatable bonds is 4. The molecule has 120 valence electrons. The Hall–Kier alpha value is -2.37. The summed E-state index contributed by atoms with van der Waals surface area (Å²) in [5.74, 6) is -0.850. The van der Waals surface area contributed by atoms with Gasteiger partial charge in [0.05, 0.1) is 15.2 Å². The highest BCUT2D eigenvalue weighted by molar-refractivity contribution is 7.18. The van der Waals surface area contributed by atoms with Crippen LogP contribution in [0.4, 0.5) is 0 Å². The van der Waals surface area contributed by atoms with E-state index < -0.39 is 5.97 Å². The number of carboxylic acid groups (broad SMARTS) is 1. The lowest BCUT2D eigenvalue weighted by Crippen LogP contribution is -2.07. The largest absolute Gasteiger partial charge is 0.480 e. The van der Waals surface area contributed by atoms with E-state index in [4.69, 9.17) is 16.7 Å². The molecule has 4 nitrogen and oxygen atoms in total. The maximum absolute atomic E-state index is 11.1. The van der Waals surface area contributed by atoms with Crippen molar-refractivity contribution < 1.29 is 9.90 Å². The summed E-state index contributed by atoms with van der Waals surface area (Å²) in [7, 11) is 0. The van der Waals surface area contributed by atoms with Crippen molar-refractivity contribution in [1.82, 2.24) is 9.55 Å². The maximum atomic E-state index is 11.1. The van der Waals surface area contributed by atoms with E-state index in [1.807, 2.05) is 48.7 Å². The van der Waals surface area contributed by atoms with Crippen molar-refractivity contribution in [2.75, 3.05) is 0 Å². The summed E-state index contributed by atoms with van der Waals surface area (Å²) in [6.07, 6.45) is 2.59. The number of hydrogen-bond donors (Lipinski definition) is 1. The van der Waals surface area contributed by atoms with Crippen LogP contribution in [0.5, 0.6) is 0 Å². The van der Waals surface area contributed by atoms with Crippen LogP contribution in [-0.4, -0.2) is 20.6 Å². The number of carbonyl (C=O) groups is 1. The van der Waals surface area contributed by atoms with Gasteiger partial charge in [0.2, 0.25) is 0 Å². The van der Waals surface area contributed by atoms with Gasteiger partial charge in [0.25, 0.3) is 0 Å². The van der Waals surface area contributed by atoms with Gasteiger partial charge in [0, 0.05) is 28.5 Å². The molecule has 0 bridgehead atoms. The van der Waals surface area contributed by atoms with Crippen molar-refractivity contribution in [3.63, 3.8) is 0 Å². The summed E-state index contributed by atoms with van der Waals surface area (Å²) in [6, 6.07) is 13.5. The fraction of sp³-hybridized carbons (Fsp3) is 0.111. The van der Waals surface area contributed by atoms with Crippen LogP contribution in [-0.2, 0) is 17.8 Å². The lowest BCUT2D eigenvalue weighted by molar-refractivity contribution is -0.137. The molecule has 0 aliphatic rings. The minimum Gasteiger partial charge on any atom is -0.480 e. The Morgan fingerprint density at radius 1 is 1.25 bits per heavy atom. The molecule has 0 saturated heterocycles. The van der Waals surface area contributed by atoms with Gasteiger partial charge in [0.15, 0.2) is 0 Å². The van der Waals surface area contributed by atoms with E-state index in [9.17, 15) is 4.79 Å². The zero-order valence-electron chi connectivity index (χ0n) is 12.6. The van der Waals surface area contributed by atoms with Gasteiger partial charge in [-0.05, 0) is 29.8 Å². The van der Waals surface area contributed by atoms with Crippen molar-refractivity contribution >= 4 is 50.0 Å². The Labute approximate surface area is 146 Å². The summed E-state index contributed by atoms with van der Waals surface area (Å²) in [5, 5.41) is 11.9. The Bertz CT molecular complexity index is 1070. The Morgan fingerprint density at radius 2 is 2.08 bits per heavy atom. The minimum absolute atomic E-state index is 0.0457. The van der Waals surface area contributed by atoms with Crippen LogP contribution in [0.2, 0.25) is 5.02 Å². The predicted octanol–water partition coefficient (Wildman–Crippen LogP) is 4.58. The van der Waals surface area contributed by atoms with E-state index in [-0.39, 0.29) is 6.54 Å². The van der Waals surface area contributed by atoms with E-state index in [1.54, 1.807) is 15.9 Å². The van der Waals surface area contributed by atoms with Crippen LogP contribution < -0.4 is 0 Å². The van der Waals surface area contributed by atoms with Gasteiger partial charge in [-0.2, -0.15) is 0 Å². The van der Waals surface area contributed by atoms with Crippen molar-refractivity contribution in [2.24, 2.45) is 0 Å². The molecule has 4 aromatic rings.